The predicted octanol–water partition coefficient (Wildman–Crippen LogP) is 9.06. The lowest BCUT2D eigenvalue weighted by Crippen LogP contribution is -2.45. The monoisotopic (exact) mass is 644 g/mol. The van der Waals surface area contributed by atoms with Crippen molar-refractivity contribution in [2.45, 2.75) is 85.2 Å². The van der Waals surface area contributed by atoms with E-state index in [9.17, 15) is 9.59 Å². The number of hydrogen-bond donors (Lipinski definition) is 0. The van der Waals surface area contributed by atoms with Gasteiger partial charge < -0.3 is 23.7 Å². The topological polar surface area (TPSA) is 80.3 Å². The number of esters is 2. The van der Waals surface area contributed by atoms with Crippen LogP contribution in [-0.2, 0) is 14.2 Å². The molecule has 1 aliphatic heterocycles. The third-order valence-electron chi connectivity index (χ3n) is 10.00. The zero-order valence-electron chi connectivity index (χ0n) is 28.6. The Hall–Kier alpha value is -3.42. The minimum absolute atomic E-state index is 0.0706. The standard InChI is InChI=1S/C40H52O7/c1-5-40(26-44-27-40)25-43-20-8-6-7-9-21-45-34-17-15-33-24-35(18-16-32(33)23-34)46-38(41)30-11-13-31(14-12-30)39(42)47-37-22-29(4)10-19-36(37)28(2)3/h11-18,23-24,28-29,36-37H,5-10,19-22,25-27H2,1-4H3. The molecule has 0 radical (unpaired) electrons. The molecule has 1 aliphatic carbocycles. The van der Waals surface area contributed by atoms with Crippen LogP contribution in [0.4, 0.5) is 0 Å². The lowest BCUT2D eigenvalue weighted by molar-refractivity contribution is -0.150. The molecule has 254 valence electrons. The molecule has 2 aliphatic rings. The first-order valence-corrected chi connectivity index (χ1v) is 17.6. The highest BCUT2D eigenvalue weighted by Crippen LogP contribution is 2.36. The third kappa shape index (κ3) is 9.57. The van der Waals surface area contributed by atoms with Crippen molar-refractivity contribution in [2.75, 3.05) is 33.0 Å². The molecule has 3 atom stereocenters. The van der Waals surface area contributed by atoms with Crippen molar-refractivity contribution in [3.63, 3.8) is 0 Å². The first-order chi connectivity index (χ1) is 22.7. The minimum Gasteiger partial charge on any atom is -0.494 e. The van der Waals surface area contributed by atoms with Crippen LogP contribution in [0, 0.1) is 23.2 Å². The molecule has 0 aromatic heterocycles. The average molecular weight is 645 g/mol. The van der Waals surface area contributed by atoms with Crippen molar-refractivity contribution in [3.05, 3.63) is 71.8 Å². The molecular weight excluding hydrogens is 592 g/mol. The largest absolute Gasteiger partial charge is 0.494 e. The molecule has 0 amide bonds. The summed E-state index contributed by atoms with van der Waals surface area (Å²) in [6.45, 7) is 12.8. The number of ether oxygens (including phenoxy) is 5. The highest BCUT2D eigenvalue weighted by Gasteiger charge is 2.37. The van der Waals surface area contributed by atoms with Crippen molar-refractivity contribution >= 4 is 22.7 Å². The molecule has 1 saturated carbocycles. The van der Waals surface area contributed by atoms with Crippen LogP contribution in [-0.4, -0.2) is 51.1 Å². The molecule has 3 aromatic carbocycles. The molecule has 7 nitrogen and oxygen atoms in total. The van der Waals surface area contributed by atoms with E-state index in [0.717, 1.165) is 87.9 Å². The summed E-state index contributed by atoms with van der Waals surface area (Å²) in [5.74, 6) is 1.86. The Morgan fingerprint density at radius 3 is 2.11 bits per heavy atom. The highest BCUT2D eigenvalue weighted by atomic mass is 16.5. The first-order valence-electron chi connectivity index (χ1n) is 17.6. The maximum atomic E-state index is 12.9. The first kappa shape index (κ1) is 34.9. The third-order valence-corrected chi connectivity index (χ3v) is 10.00. The Kier molecular flexibility index (Phi) is 12.3. The highest BCUT2D eigenvalue weighted by molar-refractivity contribution is 5.95. The molecule has 0 N–H and O–H groups in total. The van der Waals surface area contributed by atoms with Crippen molar-refractivity contribution in [1.29, 1.82) is 0 Å². The van der Waals surface area contributed by atoms with Crippen LogP contribution in [0.1, 0.15) is 99.8 Å². The van der Waals surface area contributed by atoms with Gasteiger partial charge in [0.05, 0.1) is 37.6 Å². The molecule has 3 unspecified atom stereocenters. The Bertz CT molecular complexity index is 1450. The number of fused-ring (bicyclic) bond motifs is 1. The molecule has 7 heteroatoms. The van der Waals surface area contributed by atoms with E-state index < -0.39 is 5.97 Å². The van der Waals surface area contributed by atoms with Gasteiger partial charge in [0, 0.05) is 12.0 Å². The summed E-state index contributed by atoms with van der Waals surface area (Å²) in [4.78, 5) is 25.8. The van der Waals surface area contributed by atoms with Gasteiger partial charge in [0.2, 0.25) is 0 Å². The van der Waals surface area contributed by atoms with Gasteiger partial charge in [-0.25, -0.2) is 9.59 Å². The zero-order chi connectivity index (χ0) is 33.2. The van der Waals surface area contributed by atoms with E-state index >= 15 is 0 Å². The Labute approximate surface area is 280 Å². The quantitative estimate of drug-likeness (QED) is 0.0874. The normalized spacial score (nSPS) is 20.5. The van der Waals surface area contributed by atoms with Gasteiger partial charge in [-0.15, -0.1) is 0 Å². The van der Waals surface area contributed by atoms with Gasteiger partial charge in [-0.2, -0.15) is 0 Å². The molecule has 1 heterocycles. The van der Waals surface area contributed by atoms with Crippen molar-refractivity contribution in [1.82, 2.24) is 0 Å². The van der Waals surface area contributed by atoms with Crippen LogP contribution in [0.5, 0.6) is 11.5 Å². The molecule has 0 spiro atoms. The van der Waals surface area contributed by atoms with Crippen molar-refractivity contribution < 1.29 is 33.3 Å². The van der Waals surface area contributed by atoms with Crippen LogP contribution in [0.3, 0.4) is 0 Å². The summed E-state index contributed by atoms with van der Waals surface area (Å²) >= 11 is 0. The van der Waals surface area contributed by atoms with Gasteiger partial charge in [0.1, 0.15) is 17.6 Å². The van der Waals surface area contributed by atoms with Crippen LogP contribution in [0.25, 0.3) is 10.8 Å². The fourth-order valence-corrected chi connectivity index (χ4v) is 6.64. The summed E-state index contributed by atoms with van der Waals surface area (Å²) in [5, 5.41) is 1.96. The summed E-state index contributed by atoms with van der Waals surface area (Å²) in [5.41, 5.74) is 1.08. The van der Waals surface area contributed by atoms with E-state index in [4.69, 9.17) is 23.7 Å². The lowest BCUT2D eigenvalue weighted by atomic mass is 9.75. The summed E-state index contributed by atoms with van der Waals surface area (Å²) in [6, 6.07) is 18.0. The summed E-state index contributed by atoms with van der Waals surface area (Å²) < 4.78 is 28.9. The van der Waals surface area contributed by atoms with E-state index in [1.807, 2.05) is 30.3 Å². The molecular formula is C40H52O7. The van der Waals surface area contributed by atoms with Gasteiger partial charge in [0.15, 0.2) is 0 Å². The van der Waals surface area contributed by atoms with Gasteiger partial charge in [-0.05, 0) is 116 Å². The maximum absolute atomic E-state index is 12.9. The summed E-state index contributed by atoms with van der Waals surface area (Å²) in [6.07, 6.45) is 8.51. The number of benzene rings is 3. The van der Waals surface area contributed by atoms with Crippen LogP contribution >= 0.6 is 0 Å². The number of rotatable bonds is 16. The molecule has 5 rings (SSSR count). The van der Waals surface area contributed by atoms with Crippen molar-refractivity contribution in [2.24, 2.45) is 23.2 Å². The Balaban J connectivity index is 1.03. The SMILES string of the molecule is CCC1(COCCCCCCOc2ccc3cc(OC(=O)c4ccc(C(=O)OC5CC(C)CCC5C(C)C)cc4)ccc3c2)COC1. The zero-order valence-corrected chi connectivity index (χ0v) is 28.6. The molecule has 2 fully saturated rings. The summed E-state index contributed by atoms with van der Waals surface area (Å²) in [7, 11) is 0. The van der Waals surface area contributed by atoms with Crippen molar-refractivity contribution in [3.8, 4) is 11.5 Å². The van der Waals surface area contributed by atoms with E-state index in [1.165, 1.54) is 6.42 Å². The van der Waals surface area contributed by atoms with E-state index in [-0.39, 0.29) is 17.5 Å². The van der Waals surface area contributed by atoms with Crippen LogP contribution in [0.15, 0.2) is 60.7 Å². The smallest absolute Gasteiger partial charge is 0.343 e. The fraction of sp³-hybridized carbons (Fsp3) is 0.550. The predicted molar refractivity (Wildman–Crippen MR) is 184 cm³/mol. The van der Waals surface area contributed by atoms with Gasteiger partial charge >= 0.3 is 11.9 Å². The van der Waals surface area contributed by atoms with Gasteiger partial charge in [-0.1, -0.05) is 52.7 Å². The number of hydrogen-bond acceptors (Lipinski definition) is 7. The second-order valence-electron chi connectivity index (χ2n) is 14.1. The van der Waals surface area contributed by atoms with Gasteiger partial charge in [-0.3, -0.25) is 0 Å². The van der Waals surface area contributed by atoms with E-state index in [0.29, 0.717) is 41.2 Å². The number of unbranched alkanes of at least 4 members (excludes halogenated alkanes) is 3. The van der Waals surface area contributed by atoms with Gasteiger partial charge in [0.25, 0.3) is 0 Å². The average Bonchev–Trinajstić information content (AvgIpc) is 3.05. The number of carbonyl (C=O) groups excluding carboxylic acids is 2. The Morgan fingerprint density at radius 2 is 1.47 bits per heavy atom. The maximum Gasteiger partial charge on any atom is 0.343 e. The van der Waals surface area contributed by atoms with E-state index in [2.05, 4.69) is 27.7 Å². The Morgan fingerprint density at radius 1 is 0.830 bits per heavy atom. The fourth-order valence-electron chi connectivity index (χ4n) is 6.64. The molecule has 1 saturated heterocycles. The van der Waals surface area contributed by atoms with Crippen LogP contribution in [0.2, 0.25) is 0 Å². The van der Waals surface area contributed by atoms with Crippen LogP contribution < -0.4 is 9.47 Å². The number of carbonyl (C=O) groups is 2. The second-order valence-corrected chi connectivity index (χ2v) is 14.1. The lowest BCUT2D eigenvalue weighted by Gasteiger charge is -2.40. The second kappa shape index (κ2) is 16.6. The molecule has 47 heavy (non-hydrogen) atoms. The molecule has 0 bridgehead atoms. The molecule has 3 aromatic rings. The van der Waals surface area contributed by atoms with E-state index in [1.54, 1.807) is 30.3 Å². The minimum atomic E-state index is -0.477.